The number of nitrogens with two attached hydrogens (primary N) is 1. The van der Waals surface area contributed by atoms with Crippen LogP contribution in [0.25, 0.3) is 11.0 Å². The van der Waals surface area contributed by atoms with E-state index in [1.165, 1.54) is 5.56 Å². The number of hydrogen-bond acceptors (Lipinski definition) is 2. The highest BCUT2D eigenvalue weighted by Gasteiger charge is 2.02. The van der Waals surface area contributed by atoms with Gasteiger partial charge in [0.1, 0.15) is 5.58 Å². The normalized spacial score (nSPS) is 11.0. The van der Waals surface area contributed by atoms with Crippen LogP contribution in [0, 0.1) is 0 Å². The molecule has 1 aromatic heterocycles. The number of benzene rings is 1. The Morgan fingerprint density at radius 1 is 1.29 bits per heavy atom. The van der Waals surface area contributed by atoms with Crippen molar-refractivity contribution in [2.45, 2.75) is 12.8 Å². The fraction of sp³-hybridized carbons (Fsp3) is 0.273. The van der Waals surface area contributed by atoms with Crippen LogP contribution in [0.5, 0.6) is 0 Å². The van der Waals surface area contributed by atoms with E-state index in [0.29, 0.717) is 5.22 Å². The number of hydrogen-bond donors (Lipinski definition) is 1. The van der Waals surface area contributed by atoms with Gasteiger partial charge in [-0.25, -0.2) is 0 Å². The topological polar surface area (TPSA) is 39.2 Å². The van der Waals surface area contributed by atoms with Gasteiger partial charge in [-0.3, -0.25) is 0 Å². The van der Waals surface area contributed by atoms with E-state index in [-0.39, 0.29) is 0 Å². The predicted molar refractivity (Wildman–Crippen MR) is 58.6 cm³/mol. The molecule has 0 unspecified atom stereocenters. The third-order valence-electron chi connectivity index (χ3n) is 2.22. The Morgan fingerprint density at radius 2 is 2.14 bits per heavy atom. The van der Waals surface area contributed by atoms with Crippen molar-refractivity contribution >= 4 is 22.6 Å². The van der Waals surface area contributed by atoms with Crippen LogP contribution in [-0.2, 0) is 6.42 Å². The van der Waals surface area contributed by atoms with Gasteiger partial charge >= 0.3 is 0 Å². The summed E-state index contributed by atoms with van der Waals surface area (Å²) in [5, 5.41) is 1.49. The van der Waals surface area contributed by atoms with Gasteiger partial charge in [0, 0.05) is 11.5 Å². The summed E-state index contributed by atoms with van der Waals surface area (Å²) >= 11 is 5.75. The second kappa shape index (κ2) is 4.03. The summed E-state index contributed by atoms with van der Waals surface area (Å²) in [5.74, 6) is 0. The van der Waals surface area contributed by atoms with Crippen molar-refractivity contribution in [2.24, 2.45) is 5.73 Å². The van der Waals surface area contributed by atoms with Crippen LogP contribution in [0.15, 0.2) is 28.7 Å². The lowest BCUT2D eigenvalue weighted by Crippen LogP contribution is -1.99. The van der Waals surface area contributed by atoms with Crippen molar-refractivity contribution in [3.8, 4) is 0 Å². The van der Waals surface area contributed by atoms with E-state index in [2.05, 4.69) is 6.07 Å². The van der Waals surface area contributed by atoms with Gasteiger partial charge in [-0.2, -0.15) is 0 Å². The molecule has 0 saturated carbocycles. The molecule has 2 rings (SSSR count). The fourth-order valence-corrected chi connectivity index (χ4v) is 1.71. The van der Waals surface area contributed by atoms with Crippen LogP contribution < -0.4 is 5.73 Å². The summed E-state index contributed by atoms with van der Waals surface area (Å²) in [6.07, 6.45) is 1.99. The van der Waals surface area contributed by atoms with E-state index in [9.17, 15) is 0 Å². The lowest BCUT2D eigenvalue weighted by molar-refractivity contribution is 0.617. The molecule has 0 saturated heterocycles. The fourth-order valence-electron chi connectivity index (χ4n) is 1.50. The van der Waals surface area contributed by atoms with Gasteiger partial charge in [-0.15, -0.1) is 0 Å². The zero-order valence-electron chi connectivity index (χ0n) is 7.79. The maximum Gasteiger partial charge on any atom is 0.194 e. The van der Waals surface area contributed by atoms with E-state index in [1.807, 2.05) is 18.2 Å². The lowest BCUT2D eigenvalue weighted by atomic mass is 10.1. The van der Waals surface area contributed by atoms with Crippen LogP contribution in [0.4, 0.5) is 0 Å². The largest absolute Gasteiger partial charge is 0.445 e. The van der Waals surface area contributed by atoms with Crippen molar-refractivity contribution < 1.29 is 4.42 Å². The van der Waals surface area contributed by atoms with E-state index in [4.69, 9.17) is 21.8 Å². The summed E-state index contributed by atoms with van der Waals surface area (Å²) in [6.45, 7) is 0.719. The smallest absolute Gasteiger partial charge is 0.194 e. The highest BCUT2D eigenvalue weighted by Crippen LogP contribution is 2.24. The highest BCUT2D eigenvalue weighted by molar-refractivity contribution is 6.29. The summed E-state index contributed by atoms with van der Waals surface area (Å²) in [4.78, 5) is 0. The number of furan rings is 1. The summed E-state index contributed by atoms with van der Waals surface area (Å²) in [7, 11) is 0. The molecule has 14 heavy (non-hydrogen) atoms. The van der Waals surface area contributed by atoms with Gasteiger partial charge in [0.15, 0.2) is 5.22 Å². The van der Waals surface area contributed by atoms with E-state index in [0.717, 1.165) is 30.4 Å². The Labute approximate surface area is 87.6 Å². The molecule has 0 amide bonds. The molecule has 1 heterocycles. The van der Waals surface area contributed by atoms with Crippen LogP contribution in [-0.4, -0.2) is 6.54 Å². The number of halogens is 1. The van der Waals surface area contributed by atoms with Crippen molar-refractivity contribution in [2.75, 3.05) is 6.54 Å². The van der Waals surface area contributed by atoms with Gasteiger partial charge < -0.3 is 10.2 Å². The Hall–Kier alpha value is -0.990. The molecule has 0 spiro atoms. The minimum atomic E-state index is 0.441. The van der Waals surface area contributed by atoms with E-state index < -0.39 is 0 Å². The molecule has 74 valence electrons. The first kappa shape index (κ1) is 9.56. The Kier molecular flexibility index (Phi) is 2.75. The van der Waals surface area contributed by atoms with E-state index >= 15 is 0 Å². The third kappa shape index (κ3) is 1.91. The van der Waals surface area contributed by atoms with Crippen molar-refractivity contribution in [1.29, 1.82) is 0 Å². The van der Waals surface area contributed by atoms with Crippen molar-refractivity contribution in [1.82, 2.24) is 0 Å². The van der Waals surface area contributed by atoms with Gasteiger partial charge in [0.05, 0.1) is 0 Å². The Balaban J connectivity index is 2.31. The first-order chi connectivity index (χ1) is 6.79. The van der Waals surface area contributed by atoms with Gasteiger partial charge in [0.25, 0.3) is 0 Å². The Morgan fingerprint density at radius 3 is 2.93 bits per heavy atom. The van der Waals surface area contributed by atoms with Crippen LogP contribution in [0.2, 0.25) is 5.22 Å². The standard InChI is InChI=1S/C11H12ClNO/c12-11-7-9-4-3-8(2-1-5-13)6-10(9)14-11/h3-4,6-7H,1-2,5,13H2. The molecule has 0 atom stereocenters. The second-order valence-electron chi connectivity index (χ2n) is 3.31. The molecule has 2 N–H and O–H groups in total. The second-order valence-corrected chi connectivity index (χ2v) is 3.69. The molecule has 0 bridgehead atoms. The maximum atomic E-state index is 5.75. The molecular formula is C11H12ClNO. The van der Waals surface area contributed by atoms with Crippen molar-refractivity contribution in [3.63, 3.8) is 0 Å². The molecule has 3 heteroatoms. The summed E-state index contributed by atoms with van der Waals surface area (Å²) in [6, 6.07) is 7.96. The average molecular weight is 210 g/mol. The molecule has 0 aliphatic carbocycles. The zero-order valence-corrected chi connectivity index (χ0v) is 8.55. The molecule has 2 nitrogen and oxygen atoms in total. The first-order valence-electron chi connectivity index (χ1n) is 4.67. The van der Waals surface area contributed by atoms with Gasteiger partial charge in [0.2, 0.25) is 0 Å². The predicted octanol–water partition coefficient (Wildman–Crippen LogP) is 2.98. The first-order valence-corrected chi connectivity index (χ1v) is 5.05. The summed E-state index contributed by atoms with van der Waals surface area (Å²) in [5.41, 5.74) is 7.54. The van der Waals surface area contributed by atoms with Crippen LogP contribution >= 0.6 is 11.6 Å². The number of rotatable bonds is 3. The third-order valence-corrected chi connectivity index (χ3v) is 2.41. The molecule has 0 fully saturated rings. The molecule has 2 aromatic rings. The monoisotopic (exact) mass is 209 g/mol. The molecule has 0 aliphatic heterocycles. The summed E-state index contributed by atoms with van der Waals surface area (Å²) < 4.78 is 5.32. The minimum Gasteiger partial charge on any atom is -0.445 e. The molecular weight excluding hydrogens is 198 g/mol. The van der Waals surface area contributed by atoms with Gasteiger partial charge in [-0.1, -0.05) is 12.1 Å². The quantitative estimate of drug-likeness (QED) is 0.844. The SMILES string of the molecule is NCCCc1ccc2cc(Cl)oc2c1. The lowest BCUT2D eigenvalue weighted by Gasteiger charge is -1.98. The van der Waals surface area contributed by atoms with E-state index in [1.54, 1.807) is 0 Å². The van der Waals surface area contributed by atoms with Gasteiger partial charge in [-0.05, 0) is 42.6 Å². The Bertz CT molecular complexity index is 436. The molecule has 0 aliphatic rings. The molecule has 1 aromatic carbocycles. The van der Waals surface area contributed by atoms with Crippen molar-refractivity contribution in [3.05, 3.63) is 35.0 Å². The number of fused-ring (bicyclic) bond motifs is 1. The number of aryl methyl sites for hydroxylation is 1. The average Bonchev–Trinajstić information content (AvgIpc) is 2.54. The molecule has 0 radical (unpaired) electrons. The minimum absolute atomic E-state index is 0.441. The highest BCUT2D eigenvalue weighted by atomic mass is 35.5. The van der Waals surface area contributed by atoms with Crippen LogP contribution in [0.3, 0.4) is 0 Å². The zero-order chi connectivity index (χ0) is 9.97. The van der Waals surface area contributed by atoms with Crippen LogP contribution in [0.1, 0.15) is 12.0 Å². The maximum absolute atomic E-state index is 5.75.